The number of amides is 1. The van der Waals surface area contributed by atoms with E-state index in [-0.39, 0.29) is 5.91 Å². The van der Waals surface area contributed by atoms with E-state index < -0.39 is 0 Å². The second-order valence-electron chi connectivity index (χ2n) is 4.86. The van der Waals surface area contributed by atoms with Gasteiger partial charge in [0.1, 0.15) is 0 Å². The summed E-state index contributed by atoms with van der Waals surface area (Å²) in [5, 5.41) is 8.07. The van der Waals surface area contributed by atoms with Crippen LogP contribution in [-0.4, -0.2) is 26.9 Å². The number of benzene rings is 1. The van der Waals surface area contributed by atoms with Gasteiger partial charge >= 0.3 is 0 Å². The fourth-order valence-corrected chi connectivity index (χ4v) is 2.07. The van der Waals surface area contributed by atoms with Crippen LogP contribution in [0.25, 0.3) is 0 Å². The molecule has 0 unspecified atom stereocenters. The van der Waals surface area contributed by atoms with Crippen LogP contribution in [0, 0.1) is 0 Å². The van der Waals surface area contributed by atoms with E-state index in [9.17, 15) is 4.79 Å². The first-order valence-corrected chi connectivity index (χ1v) is 7.12. The summed E-state index contributed by atoms with van der Waals surface area (Å²) in [5.41, 5.74) is 4.73. The zero-order valence-corrected chi connectivity index (χ0v) is 12.3. The third-order valence-electron chi connectivity index (χ3n) is 3.14. The van der Waals surface area contributed by atoms with E-state index in [1.807, 2.05) is 42.6 Å². The van der Waals surface area contributed by atoms with Gasteiger partial charge in [0.2, 0.25) is 0 Å². The van der Waals surface area contributed by atoms with Crippen molar-refractivity contribution in [1.29, 1.82) is 0 Å². The first-order chi connectivity index (χ1) is 11.3. The maximum Gasteiger partial charge on any atom is 0.271 e. The van der Waals surface area contributed by atoms with Crippen molar-refractivity contribution in [2.75, 3.05) is 0 Å². The summed E-state index contributed by atoms with van der Waals surface area (Å²) in [5.74, 6) is -0.264. The number of nitrogens with zero attached hydrogens (tertiary/aromatic N) is 4. The monoisotopic (exact) mass is 305 g/mol. The minimum Gasteiger partial charge on any atom is -0.268 e. The van der Waals surface area contributed by atoms with Gasteiger partial charge in [-0.2, -0.15) is 10.2 Å². The van der Waals surface area contributed by atoms with Crippen molar-refractivity contribution >= 4 is 12.1 Å². The van der Waals surface area contributed by atoms with Gasteiger partial charge in [-0.25, -0.2) is 5.43 Å². The molecule has 0 saturated carbocycles. The molecule has 2 heterocycles. The van der Waals surface area contributed by atoms with Crippen LogP contribution in [0.1, 0.15) is 21.6 Å². The van der Waals surface area contributed by atoms with Crippen LogP contribution in [0.4, 0.5) is 0 Å². The molecule has 0 aliphatic carbocycles. The Morgan fingerprint density at radius 2 is 2.13 bits per heavy atom. The average molecular weight is 305 g/mol. The zero-order chi connectivity index (χ0) is 15.9. The molecule has 0 saturated heterocycles. The Bertz CT molecular complexity index is 797. The number of hydrogen-bond donors (Lipinski definition) is 1. The van der Waals surface area contributed by atoms with Gasteiger partial charge in [-0.05, 0) is 35.9 Å². The van der Waals surface area contributed by atoms with Gasteiger partial charge < -0.3 is 0 Å². The Labute approximate surface area is 133 Å². The molecule has 6 nitrogen and oxygen atoms in total. The number of nitrogens with one attached hydrogen (secondary N) is 1. The van der Waals surface area contributed by atoms with Crippen LogP contribution in [0.2, 0.25) is 0 Å². The van der Waals surface area contributed by atoms with E-state index in [0.717, 1.165) is 5.56 Å². The van der Waals surface area contributed by atoms with Gasteiger partial charge in [-0.15, -0.1) is 0 Å². The molecule has 0 radical (unpaired) electrons. The summed E-state index contributed by atoms with van der Waals surface area (Å²) in [4.78, 5) is 16.2. The lowest BCUT2D eigenvalue weighted by atomic mass is 10.1. The van der Waals surface area contributed by atoms with Crippen molar-refractivity contribution in [3.05, 3.63) is 83.9 Å². The molecular formula is C17H15N5O. The Morgan fingerprint density at radius 1 is 1.17 bits per heavy atom. The quantitative estimate of drug-likeness (QED) is 0.579. The number of aromatic nitrogens is 3. The maximum atomic E-state index is 12.1. The van der Waals surface area contributed by atoms with E-state index >= 15 is 0 Å². The lowest BCUT2D eigenvalue weighted by molar-refractivity contribution is 0.0955. The van der Waals surface area contributed by atoms with E-state index in [2.05, 4.69) is 20.6 Å². The first kappa shape index (κ1) is 14.6. The second-order valence-corrected chi connectivity index (χ2v) is 4.86. The molecule has 0 spiro atoms. The topological polar surface area (TPSA) is 72.2 Å². The maximum absolute atomic E-state index is 12.1. The molecule has 0 aliphatic rings. The fourth-order valence-electron chi connectivity index (χ4n) is 2.07. The standard InChI is InChI=1S/C17H15N5O/c23-17(21-19-12-16-7-1-2-8-18-16)15-6-3-5-14(11-15)13-22-10-4-9-20-22/h1-12H,13H2,(H,21,23). The molecule has 0 fully saturated rings. The summed E-state index contributed by atoms with van der Waals surface area (Å²) in [7, 11) is 0. The molecule has 3 aromatic rings. The van der Waals surface area contributed by atoms with E-state index in [1.165, 1.54) is 6.21 Å². The predicted molar refractivity (Wildman–Crippen MR) is 87.1 cm³/mol. The minimum absolute atomic E-state index is 0.264. The number of carbonyl (C=O) groups is 1. The van der Waals surface area contributed by atoms with Gasteiger partial charge in [0.05, 0.1) is 18.5 Å². The highest BCUT2D eigenvalue weighted by molar-refractivity contribution is 5.94. The van der Waals surface area contributed by atoms with Crippen molar-refractivity contribution in [2.24, 2.45) is 5.10 Å². The van der Waals surface area contributed by atoms with Crippen molar-refractivity contribution in [1.82, 2.24) is 20.2 Å². The molecular weight excluding hydrogens is 290 g/mol. The fraction of sp³-hybridized carbons (Fsp3) is 0.0588. The first-order valence-electron chi connectivity index (χ1n) is 7.12. The lowest BCUT2D eigenvalue weighted by Crippen LogP contribution is -2.18. The Kier molecular flexibility index (Phi) is 4.54. The van der Waals surface area contributed by atoms with Crippen LogP contribution in [0.5, 0.6) is 0 Å². The van der Waals surface area contributed by atoms with Gasteiger partial charge in [-0.3, -0.25) is 14.5 Å². The molecule has 2 aromatic heterocycles. The van der Waals surface area contributed by atoms with Crippen LogP contribution in [0.15, 0.2) is 72.2 Å². The molecule has 1 N–H and O–H groups in total. The smallest absolute Gasteiger partial charge is 0.268 e. The third-order valence-corrected chi connectivity index (χ3v) is 3.14. The zero-order valence-electron chi connectivity index (χ0n) is 12.3. The van der Waals surface area contributed by atoms with E-state index in [4.69, 9.17) is 0 Å². The highest BCUT2D eigenvalue weighted by Crippen LogP contribution is 2.07. The number of carbonyl (C=O) groups excluding carboxylic acids is 1. The molecule has 1 aromatic carbocycles. The predicted octanol–water partition coefficient (Wildman–Crippen LogP) is 2.09. The molecule has 23 heavy (non-hydrogen) atoms. The second kappa shape index (κ2) is 7.13. The summed E-state index contributed by atoms with van der Waals surface area (Å²) in [6, 6.07) is 14.7. The van der Waals surface area contributed by atoms with Crippen LogP contribution < -0.4 is 5.43 Å². The summed E-state index contributed by atoms with van der Waals surface area (Å²) in [6.07, 6.45) is 6.78. The van der Waals surface area contributed by atoms with Crippen molar-refractivity contribution in [3.63, 3.8) is 0 Å². The van der Waals surface area contributed by atoms with Crippen molar-refractivity contribution in [2.45, 2.75) is 6.54 Å². The highest BCUT2D eigenvalue weighted by atomic mass is 16.2. The van der Waals surface area contributed by atoms with Crippen molar-refractivity contribution < 1.29 is 4.79 Å². The van der Waals surface area contributed by atoms with E-state index in [1.54, 1.807) is 29.2 Å². The molecule has 3 rings (SSSR count). The third kappa shape index (κ3) is 4.10. The Balaban J connectivity index is 1.64. The van der Waals surface area contributed by atoms with Gasteiger partial charge in [0.25, 0.3) is 5.91 Å². The number of hydrazone groups is 1. The van der Waals surface area contributed by atoms with Crippen LogP contribution in [0.3, 0.4) is 0 Å². The molecule has 1 amide bonds. The van der Waals surface area contributed by atoms with Gasteiger partial charge in [0.15, 0.2) is 0 Å². The molecule has 0 atom stereocenters. The summed E-state index contributed by atoms with van der Waals surface area (Å²) >= 11 is 0. The number of hydrogen-bond acceptors (Lipinski definition) is 4. The normalized spacial score (nSPS) is 10.8. The van der Waals surface area contributed by atoms with Crippen LogP contribution in [-0.2, 0) is 6.54 Å². The van der Waals surface area contributed by atoms with Gasteiger partial charge in [-0.1, -0.05) is 18.2 Å². The Hall–Kier alpha value is -3.28. The molecule has 0 aliphatic heterocycles. The Morgan fingerprint density at radius 3 is 2.91 bits per heavy atom. The van der Waals surface area contributed by atoms with Gasteiger partial charge in [0, 0.05) is 24.2 Å². The molecule has 114 valence electrons. The van der Waals surface area contributed by atoms with E-state index in [0.29, 0.717) is 17.8 Å². The highest BCUT2D eigenvalue weighted by Gasteiger charge is 2.05. The average Bonchev–Trinajstić information content (AvgIpc) is 3.09. The summed E-state index contributed by atoms with van der Waals surface area (Å²) in [6.45, 7) is 0.616. The van der Waals surface area contributed by atoms with Crippen LogP contribution >= 0.6 is 0 Å². The minimum atomic E-state index is -0.264. The summed E-state index contributed by atoms with van der Waals surface area (Å²) < 4.78 is 1.80. The number of pyridine rings is 1. The van der Waals surface area contributed by atoms with Crippen molar-refractivity contribution in [3.8, 4) is 0 Å². The SMILES string of the molecule is O=C(NN=Cc1ccccn1)c1cccc(Cn2cccn2)c1. The lowest BCUT2D eigenvalue weighted by Gasteiger charge is -2.05. The number of rotatable bonds is 5. The molecule has 0 bridgehead atoms. The molecule has 6 heteroatoms. The largest absolute Gasteiger partial charge is 0.271 e.